The summed E-state index contributed by atoms with van der Waals surface area (Å²) >= 11 is 12.7. The second kappa shape index (κ2) is 8.53. The van der Waals surface area contributed by atoms with Crippen molar-refractivity contribution in [3.05, 3.63) is 105 Å². The molecule has 4 rings (SSSR count). The van der Waals surface area contributed by atoms with Crippen LogP contribution in [0.25, 0.3) is 0 Å². The number of carboxylic acids is 1. The number of oxime groups is 1. The molecule has 1 aliphatic rings. The van der Waals surface area contributed by atoms with Crippen LogP contribution in [0.15, 0.2) is 78.0 Å². The number of rotatable bonds is 5. The normalized spacial score (nSPS) is 17.5. The number of hydrogen-bond acceptors (Lipinski definition) is 5. The monoisotopic (exact) mass is 469 g/mol. The SMILES string of the molecule is Cc1ccc(C(=O)NN2C(c3c(Cl)cccc3Cl)=NOC2(C(=O)O)c2ccccc2)cc1. The number of halogens is 2. The largest absolute Gasteiger partial charge is 0.476 e. The standard InChI is InChI=1S/C23H17Cl2N3O4/c1-14-10-12-15(13-11-14)21(29)26-28-20(19-17(24)8-5-9-18(19)25)27-32-23(28,22(30)31)16-6-3-2-4-7-16/h2-13H,1H3,(H,26,29)(H,30,31). The topological polar surface area (TPSA) is 91.2 Å². The van der Waals surface area contributed by atoms with Crippen LogP contribution in [0.1, 0.15) is 27.0 Å². The van der Waals surface area contributed by atoms with Gasteiger partial charge in [0.25, 0.3) is 5.91 Å². The number of amidine groups is 1. The summed E-state index contributed by atoms with van der Waals surface area (Å²) < 4.78 is 0. The molecule has 3 aromatic carbocycles. The average molecular weight is 470 g/mol. The van der Waals surface area contributed by atoms with Crippen molar-refractivity contribution >= 4 is 40.9 Å². The van der Waals surface area contributed by atoms with Gasteiger partial charge in [0, 0.05) is 11.1 Å². The lowest BCUT2D eigenvalue weighted by Gasteiger charge is -2.34. The van der Waals surface area contributed by atoms with Crippen molar-refractivity contribution < 1.29 is 19.5 Å². The second-order valence-electron chi connectivity index (χ2n) is 7.06. The zero-order valence-electron chi connectivity index (χ0n) is 16.8. The van der Waals surface area contributed by atoms with E-state index in [0.717, 1.165) is 10.6 Å². The first kappa shape index (κ1) is 21.7. The third-order valence-electron chi connectivity index (χ3n) is 4.96. The average Bonchev–Trinajstić information content (AvgIpc) is 3.14. The van der Waals surface area contributed by atoms with E-state index in [-0.39, 0.29) is 27.0 Å². The van der Waals surface area contributed by atoms with Gasteiger partial charge in [0.1, 0.15) is 0 Å². The van der Waals surface area contributed by atoms with Crippen LogP contribution < -0.4 is 5.43 Å². The molecule has 0 aliphatic carbocycles. The maximum atomic E-state index is 13.1. The summed E-state index contributed by atoms with van der Waals surface area (Å²) in [5.74, 6) is -2.00. The number of nitrogens with zero attached hydrogens (tertiary/aromatic N) is 2. The zero-order valence-corrected chi connectivity index (χ0v) is 18.3. The van der Waals surface area contributed by atoms with E-state index in [1.807, 2.05) is 6.92 Å². The molecular weight excluding hydrogens is 453 g/mol. The number of nitrogens with one attached hydrogen (secondary N) is 1. The number of benzene rings is 3. The molecule has 1 amide bonds. The molecule has 0 bridgehead atoms. The smallest absolute Gasteiger partial charge is 0.379 e. The van der Waals surface area contributed by atoms with Gasteiger partial charge >= 0.3 is 11.7 Å². The molecule has 1 heterocycles. The van der Waals surface area contributed by atoms with E-state index in [0.29, 0.717) is 5.56 Å². The quantitative estimate of drug-likeness (QED) is 0.570. The lowest BCUT2D eigenvalue weighted by molar-refractivity contribution is -0.186. The van der Waals surface area contributed by atoms with Crippen LogP contribution in [0.2, 0.25) is 10.0 Å². The van der Waals surface area contributed by atoms with Crippen LogP contribution in [0.3, 0.4) is 0 Å². The van der Waals surface area contributed by atoms with Crippen molar-refractivity contribution in [2.75, 3.05) is 0 Å². The lowest BCUT2D eigenvalue weighted by Crippen LogP contribution is -2.59. The molecule has 0 saturated carbocycles. The Kier molecular flexibility index (Phi) is 5.78. The van der Waals surface area contributed by atoms with E-state index in [1.165, 1.54) is 0 Å². The summed E-state index contributed by atoms with van der Waals surface area (Å²) in [5, 5.41) is 15.7. The van der Waals surface area contributed by atoms with E-state index in [1.54, 1.807) is 72.8 Å². The summed E-state index contributed by atoms with van der Waals surface area (Å²) in [6.07, 6.45) is 0. The molecule has 9 heteroatoms. The van der Waals surface area contributed by atoms with Crippen molar-refractivity contribution in [3.63, 3.8) is 0 Å². The van der Waals surface area contributed by atoms with Crippen molar-refractivity contribution in [1.29, 1.82) is 0 Å². The van der Waals surface area contributed by atoms with Gasteiger partial charge in [-0.15, -0.1) is 0 Å². The molecule has 0 fully saturated rings. The van der Waals surface area contributed by atoms with Gasteiger partial charge in [0.05, 0.1) is 15.6 Å². The molecule has 32 heavy (non-hydrogen) atoms. The van der Waals surface area contributed by atoms with Gasteiger partial charge in [-0.1, -0.05) is 82.5 Å². The number of aliphatic carboxylic acids is 1. The molecule has 1 atom stereocenters. The number of hydrogen-bond donors (Lipinski definition) is 2. The van der Waals surface area contributed by atoms with Gasteiger partial charge in [0.15, 0.2) is 0 Å². The van der Waals surface area contributed by atoms with E-state index < -0.39 is 17.6 Å². The molecule has 3 aromatic rings. The van der Waals surface area contributed by atoms with Gasteiger partial charge in [-0.3, -0.25) is 10.2 Å². The van der Waals surface area contributed by atoms with Crippen molar-refractivity contribution in [1.82, 2.24) is 10.4 Å². The highest BCUT2D eigenvalue weighted by Gasteiger charge is 2.57. The van der Waals surface area contributed by atoms with E-state index in [4.69, 9.17) is 28.0 Å². The Morgan fingerprint density at radius 1 is 0.969 bits per heavy atom. The van der Waals surface area contributed by atoms with Gasteiger partial charge in [-0.2, -0.15) is 0 Å². The highest BCUT2D eigenvalue weighted by molar-refractivity contribution is 6.40. The maximum Gasteiger partial charge on any atom is 0.379 e. The molecule has 1 unspecified atom stereocenters. The number of aryl methyl sites for hydroxylation is 1. The van der Waals surface area contributed by atoms with E-state index >= 15 is 0 Å². The summed E-state index contributed by atoms with van der Waals surface area (Å²) in [5.41, 5.74) is 2.20. The van der Waals surface area contributed by atoms with Crippen molar-refractivity contribution in [3.8, 4) is 0 Å². The minimum atomic E-state index is -2.18. The first-order chi connectivity index (χ1) is 15.3. The fraction of sp³-hybridized carbons (Fsp3) is 0.0870. The number of amides is 1. The predicted octanol–water partition coefficient (Wildman–Crippen LogP) is 4.58. The van der Waals surface area contributed by atoms with Crippen molar-refractivity contribution in [2.45, 2.75) is 12.6 Å². The Hall–Kier alpha value is -3.55. The summed E-state index contributed by atoms with van der Waals surface area (Å²) in [6.45, 7) is 1.89. The van der Waals surface area contributed by atoms with Crippen LogP contribution in [-0.4, -0.2) is 27.8 Å². The van der Waals surface area contributed by atoms with Crippen LogP contribution in [0.4, 0.5) is 0 Å². The summed E-state index contributed by atoms with van der Waals surface area (Å²) in [6, 6.07) is 19.8. The molecule has 162 valence electrons. The fourth-order valence-corrected chi connectivity index (χ4v) is 3.88. The first-order valence-corrected chi connectivity index (χ1v) is 10.3. The summed E-state index contributed by atoms with van der Waals surface area (Å²) in [4.78, 5) is 31.2. The van der Waals surface area contributed by atoms with Gasteiger partial charge in [-0.25, -0.2) is 9.80 Å². The van der Waals surface area contributed by atoms with Crippen LogP contribution in [0.5, 0.6) is 0 Å². The Bertz CT molecular complexity index is 1200. The minimum absolute atomic E-state index is 0.0488. The summed E-state index contributed by atoms with van der Waals surface area (Å²) in [7, 11) is 0. The Balaban J connectivity index is 1.85. The predicted molar refractivity (Wildman–Crippen MR) is 120 cm³/mol. The Labute approximate surface area is 193 Å². The molecule has 0 saturated heterocycles. The van der Waals surface area contributed by atoms with Crippen LogP contribution in [-0.2, 0) is 15.4 Å². The number of carbonyl (C=O) groups is 2. The number of carbonyl (C=O) groups excluding carboxylic acids is 1. The maximum absolute atomic E-state index is 13.1. The second-order valence-corrected chi connectivity index (χ2v) is 7.87. The number of carboxylic acid groups (broad SMARTS) is 1. The molecule has 0 aromatic heterocycles. The van der Waals surface area contributed by atoms with E-state index in [9.17, 15) is 14.7 Å². The first-order valence-electron chi connectivity index (χ1n) is 9.52. The van der Waals surface area contributed by atoms with Crippen LogP contribution in [0, 0.1) is 6.92 Å². The highest BCUT2D eigenvalue weighted by atomic mass is 35.5. The minimum Gasteiger partial charge on any atom is -0.476 e. The van der Waals surface area contributed by atoms with Gasteiger partial charge in [0.2, 0.25) is 5.84 Å². The molecule has 7 nitrogen and oxygen atoms in total. The molecule has 0 spiro atoms. The van der Waals surface area contributed by atoms with Gasteiger partial charge in [-0.05, 0) is 31.2 Å². The third kappa shape index (κ3) is 3.66. The Morgan fingerprint density at radius 3 is 2.19 bits per heavy atom. The zero-order chi connectivity index (χ0) is 22.9. The lowest BCUT2D eigenvalue weighted by atomic mass is 10.0. The Morgan fingerprint density at radius 2 is 1.59 bits per heavy atom. The van der Waals surface area contributed by atoms with Crippen LogP contribution >= 0.6 is 23.2 Å². The fourth-order valence-electron chi connectivity index (χ4n) is 3.32. The van der Waals surface area contributed by atoms with Crippen molar-refractivity contribution in [2.24, 2.45) is 5.16 Å². The molecular formula is C23H17Cl2N3O4. The van der Waals surface area contributed by atoms with E-state index in [2.05, 4.69) is 10.6 Å². The number of hydrazine groups is 1. The van der Waals surface area contributed by atoms with Gasteiger partial charge < -0.3 is 9.94 Å². The molecule has 2 N–H and O–H groups in total. The molecule has 1 aliphatic heterocycles. The highest BCUT2D eigenvalue weighted by Crippen LogP contribution is 2.39. The third-order valence-corrected chi connectivity index (χ3v) is 5.59. The molecule has 0 radical (unpaired) electrons.